The van der Waals surface area contributed by atoms with E-state index in [1.807, 2.05) is 0 Å². The molecule has 32 heavy (non-hydrogen) atoms. The van der Waals surface area contributed by atoms with Crippen LogP contribution in [0, 0.1) is 0 Å². The molecule has 1 aliphatic heterocycles. The first-order chi connectivity index (χ1) is 15.3. The van der Waals surface area contributed by atoms with Crippen LogP contribution in [0.25, 0.3) is 0 Å². The minimum atomic E-state index is -3.97. The number of hydrogen-bond donors (Lipinski definition) is 1. The Balaban J connectivity index is 1.65. The Hall–Kier alpha value is -2.27. The first-order valence-electron chi connectivity index (χ1n) is 10.7. The number of nitrogens with zero attached hydrogens (tertiary/aromatic N) is 2. The SMILES string of the molecule is O=C(NC1CCCC1)[C@H]1CN(S(=O)(=O)c2ccccc2)CCN1S(=O)(=O)c1ccccc1. The molecule has 0 radical (unpaired) electrons. The van der Waals surface area contributed by atoms with Crippen molar-refractivity contribution in [2.45, 2.75) is 47.6 Å². The molecule has 2 aliphatic rings. The quantitative estimate of drug-likeness (QED) is 0.683. The molecule has 8 nitrogen and oxygen atoms in total. The third-order valence-electron chi connectivity index (χ3n) is 6.03. The van der Waals surface area contributed by atoms with E-state index in [-0.39, 0.29) is 35.5 Å². The summed E-state index contributed by atoms with van der Waals surface area (Å²) in [6, 6.07) is 14.7. The van der Waals surface area contributed by atoms with E-state index < -0.39 is 32.0 Å². The zero-order valence-electron chi connectivity index (χ0n) is 17.6. The van der Waals surface area contributed by atoms with Crippen molar-refractivity contribution < 1.29 is 21.6 Å². The molecule has 1 atom stereocenters. The molecule has 0 unspecified atom stereocenters. The summed E-state index contributed by atoms with van der Waals surface area (Å²) in [5, 5.41) is 2.95. The average Bonchev–Trinajstić information content (AvgIpc) is 3.33. The van der Waals surface area contributed by atoms with E-state index >= 15 is 0 Å². The van der Waals surface area contributed by atoms with Crippen LogP contribution < -0.4 is 5.32 Å². The summed E-state index contributed by atoms with van der Waals surface area (Å²) in [7, 11) is -7.83. The summed E-state index contributed by atoms with van der Waals surface area (Å²) in [5.41, 5.74) is 0. The standard InChI is InChI=1S/C22H27N3O5S2/c26-22(23-18-9-7-8-10-18)21-17-24(31(27,28)19-11-3-1-4-12-19)15-16-25(21)32(29,30)20-13-5-2-6-14-20/h1-6,11-14,18,21H,7-10,15-17H2,(H,23,26)/t21-/m1/s1. The van der Waals surface area contributed by atoms with Gasteiger partial charge < -0.3 is 5.32 Å². The molecule has 4 rings (SSSR count). The molecule has 10 heteroatoms. The van der Waals surface area contributed by atoms with Gasteiger partial charge in [0.1, 0.15) is 6.04 Å². The predicted molar refractivity (Wildman–Crippen MR) is 120 cm³/mol. The highest BCUT2D eigenvalue weighted by atomic mass is 32.2. The number of carbonyl (C=O) groups excluding carboxylic acids is 1. The molecule has 1 saturated carbocycles. The summed E-state index contributed by atoms with van der Waals surface area (Å²) in [5.74, 6) is -0.454. The average molecular weight is 478 g/mol. The second kappa shape index (κ2) is 9.30. The summed E-state index contributed by atoms with van der Waals surface area (Å²) < 4.78 is 55.3. The van der Waals surface area contributed by atoms with E-state index in [1.54, 1.807) is 36.4 Å². The van der Waals surface area contributed by atoms with E-state index in [4.69, 9.17) is 0 Å². The van der Waals surface area contributed by atoms with Gasteiger partial charge in [-0.05, 0) is 37.1 Å². The maximum absolute atomic E-state index is 13.3. The molecule has 0 bridgehead atoms. The maximum Gasteiger partial charge on any atom is 0.243 e. The Morgan fingerprint density at radius 3 is 1.88 bits per heavy atom. The van der Waals surface area contributed by atoms with Crippen molar-refractivity contribution in [3.8, 4) is 0 Å². The lowest BCUT2D eigenvalue weighted by atomic mass is 10.2. The van der Waals surface area contributed by atoms with E-state index in [0.717, 1.165) is 30.0 Å². The Morgan fingerprint density at radius 2 is 1.31 bits per heavy atom. The summed E-state index contributed by atoms with van der Waals surface area (Å²) >= 11 is 0. The number of rotatable bonds is 6. The topological polar surface area (TPSA) is 104 Å². The smallest absolute Gasteiger partial charge is 0.243 e. The zero-order valence-corrected chi connectivity index (χ0v) is 19.3. The van der Waals surface area contributed by atoms with Gasteiger partial charge in [-0.3, -0.25) is 4.79 Å². The third-order valence-corrected chi connectivity index (χ3v) is 9.83. The number of hydrogen-bond acceptors (Lipinski definition) is 5. The van der Waals surface area contributed by atoms with E-state index in [2.05, 4.69) is 5.32 Å². The largest absolute Gasteiger partial charge is 0.352 e. The number of nitrogens with one attached hydrogen (secondary N) is 1. The molecule has 1 N–H and O–H groups in total. The van der Waals surface area contributed by atoms with Gasteiger partial charge in [0.2, 0.25) is 26.0 Å². The number of carbonyl (C=O) groups is 1. The van der Waals surface area contributed by atoms with Crippen molar-refractivity contribution in [2.24, 2.45) is 0 Å². The fourth-order valence-corrected chi connectivity index (χ4v) is 7.35. The van der Waals surface area contributed by atoms with Crippen LogP contribution in [-0.4, -0.2) is 63.1 Å². The molecule has 2 aromatic carbocycles. The molecule has 1 saturated heterocycles. The van der Waals surface area contributed by atoms with Gasteiger partial charge >= 0.3 is 0 Å². The highest BCUT2D eigenvalue weighted by Gasteiger charge is 2.43. The fraction of sp³-hybridized carbons (Fsp3) is 0.409. The number of sulfonamides is 2. The van der Waals surface area contributed by atoms with Crippen molar-refractivity contribution in [3.63, 3.8) is 0 Å². The van der Waals surface area contributed by atoms with Crippen LogP contribution in [0.3, 0.4) is 0 Å². The van der Waals surface area contributed by atoms with Crippen LogP contribution in [-0.2, 0) is 24.8 Å². The minimum absolute atomic E-state index is 0.00936. The highest BCUT2D eigenvalue weighted by molar-refractivity contribution is 7.89. The van der Waals surface area contributed by atoms with Gasteiger partial charge in [-0.25, -0.2) is 16.8 Å². The number of piperazine rings is 1. The second-order valence-electron chi connectivity index (χ2n) is 8.11. The predicted octanol–water partition coefficient (Wildman–Crippen LogP) is 1.81. The summed E-state index contributed by atoms with van der Waals surface area (Å²) in [4.78, 5) is 13.4. The summed E-state index contributed by atoms with van der Waals surface area (Å²) in [6.45, 7) is -0.371. The van der Waals surface area contributed by atoms with Gasteiger partial charge in [0.05, 0.1) is 9.79 Å². The third kappa shape index (κ3) is 4.59. The minimum Gasteiger partial charge on any atom is -0.352 e. The molecule has 1 amide bonds. The Labute approximate surface area is 189 Å². The molecule has 2 aromatic rings. The molecule has 0 aromatic heterocycles. The van der Waals surface area contributed by atoms with Crippen molar-refractivity contribution >= 4 is 26.0 Å². The van der Waals surface area contributed by atoms with Gasteiger partial charge in [-0.2, -0.15) is 8.61 Å². The molecular formula is C22H27N3O5S2. The monoisotopic (exact) mass is 477 g/mol. The van der Waals surface area contributed by atoms with Gasteiger partial charge in [0, 0.05) is 25.7 Å². The van der Waals surface area contributed by atoms with Crippen LogP contribution >= 0.6 is 0 Å². The first-order valence-corrected chi connectivity index (χ1v) is 13.6. The zero-order chi connectivity index (χ0) is 22.8. The van der Waals surface area contributed by atoms with Gasteiger partial charge in [-0.15, -0.1) is 0 Å². The first kappa shape index (κ1) is 22.9. The normalized spacial score (nSPS) is 21.4. The molecule has 2 fully saturated rings. The van der Waals surface area contributed by atoms with Gasteiger partial charge in [0.25, 0.3) is 0 Å². The van der Waals surface area contributed by atoms with Crippen molar-refractivity contribution in [3.05, 3.63) is 60.7 Å². The number of amides is 1. The van der Waals surface area contributed by atoms with E-state index in [0.29, 0.717) is 0 Å². The fourth-order valence-electron chi connectivity index (χ4n) is 4.30. The Morgan fingerprint density at radius 1 is 0.781 bits per heavy atom. The second-order valence-corrected chi connectivity index (χ2v) is 11.9. The molecule has 1 aliphatic carbocycles. The molecule has 172 valence electrons. The van der Waals surface area contributed by atoms with Gasteiger partial charge in [-0.1, -0.05) is 49.2 Å². The molecule has 1 heterocycles. The summed E-state index contributed by atoms with van der Waals surface area (Å²) in [6.07, 6.45) is 3.71. The van der Waals surface area contributed by atoms with Crippen LogP contribution in [0.5, 0.6) is 0 Å². The molecular weight excluding hydrogens is 450 g/mol. The van der Waals surface area contributed by atoms with Crippen LogP contribution in [0.15, 0.2) is 70.5 Å². The lowest BCUT2D eigenvalue weighted by Gasteiger charge is -2.39. The van der Waals surface area contributed by atoms with Crippen molar-refractivity contribution in [2.75, 3.05) is 19.6 Å². The Bertz CT molecular complexity index is 1150. The van der Waals surface area contributed by atoms with Crippen LogP contribution in [0.2, 0.25) is 0 Å². The lowest BCUT2D eigenvalue weighted by molar-refractivity contribution is -0.126. The lowest BCUT2D eigenvalue weighted by Crippen LogP contribution is -2.62. The number of benzene rings is 2. The van der Waals surface area contributed by atoms with Gasteiger partial charge in [0.15, 0.2) is 0 Å². The Kier molecular flexibility index (Phi) is 6.66. The van der Waals surface area contributed by atoms with Crippen molar-refractivity contribution in [1.82, 2.24) is 13.9 Å². The van der Waals surface area contributed by atoms with E-state index in [9.17, 15) is 21.6 Å². The van der Waals surface area contributed by atoms with Crippen LogP contribution in [0.1, 0.15) is 25.7 Å². The molecule has 0 spiro atoms. The van der Waals surface area contributed by atoms with Crippen LogP contribution in [0.4, 0.5) is 0 Å². The van der Waals surface area contributed by atoms with Crippen molar-refractivity contribution in [1.29, 1.82) is 0 Å². The maximum atomic E-state index is 13.3. The highest BCUT2D eigenvalue weighted by Crippen LogP contribution is 2.26. The van der Waals surface area contributed by atoms with E-state index in [1.165, 1.54) is 28.6 Å².